The van der Waals surface area contributed by atoms with Gasteiger partial charge in [0.25, 0.3) is 0 Å². The van der Waals surface area contributed by atoms with E-state index in [4.69, 9.17) is 16.2 Å². The summed E-state index contributed by atoms with van der Waals surface area (Å²) in [6.45, 7) is 0.810. The Morgan fingerprint density at radius 2 is 2.08 bits per heavy atom. The molecule has 1 aromatic rings. The Labute approximate surface area is 142 Å². The van der Waals surface area contributed by atoms with E-state index in [0.29, 0.717) is 18.4 Å². The Bertz CT molecular complexity index is 552. The molecule has 0 bridgehead atoms. The first-order chi connectivity index (χ1) is 11.5. The number of nitrogens with one attached hydrogen (secondary N) is 1. The largest absolute Gasteiger partial charge is 0.460 e. The van der Waals surface area contributed by atoms with Crippen LogP contribution in [-0.4, -0.2) is 43.1 Å². The fourth-order valence-electron chi connectivity index (χ4n) is 2.71. The van der Waals surface area contributed by atoms with Gasteiger partial charge in [0.05, 0.1) is 0 Å². The Balaban J connectivity index is 1.63. The summed E-state index contributed by atoms with van der Waals surface area (Å²) in [4.78, 5) is 23.7. The number of carbonyl (C=O) groups is 2. The molecule has 1 aliphatic rings. The van der Waals surface area contributed by atoms with Crippen LogP contribution in [0.1, 0.15) is 18.4 Å². The van der Waals surface area contributed by atoms with Crippen LogP contribution in [-0.2, 0) is 20.9 Å². The van der Waals surface area contributed by atoms with Crippen molar-refractivity contribution in [2.75, 3.05) is 20.1 Å². The van der Waals surface area contributed by atoms with Gasteiger partial charge >= 0.3 is 5.97 Å². The van der Waals surface area contributed by atoms with Gasteiger partial charge in [-0.25, -0.2) is 5.01 Å². The third kappa shape index (κ3) is 5.92. The van der Waals surface area contributed by atoms with Gasteiger partial charge in [0.2, 0.25) is 5.91 Å². The smallest absolute Gasteiger partial charge is 0.322 e. The third-order valence-electron chi connectivity index (χ3n) is 4.18. The van der Waals surface area contributed by atoms with Gasteiger partial charge in [-0.2, -0.15) is 0 Å². The van der Waals surface area contributed by atoms with E-state index in [0.717, 1.165) is 12.0 Å². The molecule has 1 amide bonds. The highest BCUT2D eigenvalue weighted by atomic mass is 16.5. The first kappa shape index (κ1) is 18.4. The molecule has 0 aliphatic heterocycles. The molecule has 0 spiro atoms. The molecule has 5 N–H and O–H groups in total. The zero-order chi connectivity index (χ0) is 17.5. The Morgan fingerprint density at radius 1 is 1.38 bits per heavy atom. The van der Waals surface area contributed by atoms with Crippen molar-refractivity contribution in [3.8, 4) is 0 Å². The van der Waals surface area contributed by atoms with E-state index in [1.165, 1.54) is 5.01 Å². The van der Waals surface area contributed by atoms with Crippen molar-refractivity contribution in [2.45, 2.75) is 25.5 Å². The van der Waals surface area contributed by atoms with Crippen molar-refractivity contribution in [3.63, 3.8) is 0 Å². The highest BCUT2D eigenvalue weighted by molar-refractivity contribution is 5.77. The zero-order valence-corrected chi connectivity index (χ0v) is 14.0. The minimum atomic E-state index is -0.406. The number of likely N-dealkylation sites (N-methyl/N-ethyl adjacent to an activating group) is 1. The minimum absolute atomic E-state index is 0.0251. The molecule has 2 rings (SSSR count). The van der Waals surface area contributed by atoms with Crippen LogP contribution in [0.3, 0.4) is 0 Å². The van der Waals surface area contributed by atoms with Gasteiger partial charge in [0, 0.05) is 19.5 Å². The number of hydrazine groups is 1. The standard InChI is InChI=1S/C17H26N4O3/c1-21(10-17(23)24-11-12-5-3-2-4-6-12)20-16(22)8-15(19)14-7-13(14)9-18/h2-6,13-15H,7-11,18-19H2,1H3,(H,20,22)/t13-,14-,15+/m0/s1. The fraction of sp³-hybridized carbons (Fsp3) is 0.529. The molecule has 0 radical (unpaired) electrons. The molecular formula is C17H26N4O3. The van der Waals surface area contributed by atoms with Crippen LogP contribution in [0.25, 0.3) is 0 Å². The Morgan fingerprint density at radius 3 is 2.71 bits per heavy atom. The number of hydrogen-bond acceptors (Lipinski definition) is 6. The normalized spacial score (nSPS) is 20.5. The molecule has 0 saturated heterocycles. The van der Waals surface area contributed by atoms with E-state index < -0.39 is 5.97 Å². The first-order valence-corrected chi connectivity index (χ1v) is 8.15. The second-order valence-corrected chi connectivity index (χ2v) is 6.30. The quantitative estimate of drug-likeness (QED) is 0.433. The van der Waals surface area contributed by atoms with E-state index in [-0.39, 0.29) is 31.5 Å². The lowest BCUT2D eigenvalue weighted by Crippen LogP contribution is -2.44. The van der Waals surface area contributed by atoms with E-state index >= 15 is 0 Å². The summed E-state index contributed by atoms with van der Waals surface area (Å²) in [5.41, 5.74) is 15.1. The van der Waals surface area contributed by atoms with Gasteiger partial charge in [-0.15, -0.1) is 0 Å². The molecule has 0 aromatic heterocycles. The molecule has 3 atom stereocenters. The summed E-state index contributed by atoms with van der Waals surface area (Å²) in [5.74, 6) is 0.167. The van der Waals surface area contributed by atoms with Crippen molar-refractivity contribution >= 4 is 11.9 Å². The number of esters is 1. The molecule has 132 valence electrons. The molecule has 1 aliphatic carbocycles. The average Bonchev–Trinajstić information content (AvgIpc) is 3.33. The maximum absolute atomic E-state index is 11.9. The summed E-state index contributed by atoms with van der Waals surface area (Å²) >= 11 is 0. The second kappa shape index (κ2) is 8.77. The predicted octanol–water partition coefficient (Wildman–Crippen LogP) is 0.00500. The highest BCUT2D eigenvalue weighted by Crippen LogP contribution is 2.40. The van der Waals surface area contributed by atoms with Gasteiger partial charge in [-0.3, -0.25) is 15.0 Å². The van der Waals surface area contributed by atoms with Crippen molar-refractivity contribution in [1.82, 2.24) is 10.4 Å². The van der Waals surface area contributed by atoms with Gasteiger partial charge in [-0.05, 0) is 30.4 Å². The number of amides is 1. The van der Waals surface area contributed by atoms with E-state index in [9.17, 15) is 9.59 Å². The van der Waals surface area contributed by atoms with Crippen molar-refractivity contribution < 1.29 is 14.3 Å². The lowest BCUT2D eigenvalue weighted by atomic mass is 10.1. The van der Waals surface area contributed by atoms with E-state index in [1.807, 2.05) is 30.3 Å². The van der Waals surface area contributed by atoms with Gasteiger partial charge in [0.15, 0.2) is 0 Å². The maximum atomic E-state index is 11.9. The number of nitrogens with zero attached hydrogens (tertiary/aromatic N) is 1. The predicted molar refractivity (Wildman–Crippen MR) is 90.3 cm³/mol. The van der Waals surface area contributed by atoms with Crippen molar-refractivity contribution in [3.05, 3.63) is 35.9 Å². The second-order valence-electron chi connectivity index (χ2n) is 6.30. The number of carbonyl (C=O) groups excluding carboxylic acids is 2. The molecular weight excluding hydrogens is 308 g/mol. The fourth-order valence-corrected chi connectivity index (χ4v) is 2.71. The summed E-state index contributed by atoms with van der Waals surface area (Å²) in [7, 11) is 1.62. The molecule has 0 unspecified atom stereocenters. The molecule has 24 heavy (non-hydrogen) atoms. The van der Waals surface area contributed by atoms with Gasteiger partial charge < -0.3 is 16.2 Å². The summed E-state index contributed by atoms with van der Waals surface area (Å²) < 4.78 is 5.17. The number of nitrogens with two attached hydrogens (primary N) is 2. The molecule has 7 heteroatoms. The van der Waals surface area contributed by atoms with Crippen molar-refractivity contribution in [1.29, 1.82) is 0 Å². The highest BCUT2D eigenvalue weighted by Gasteiger charge is 2.40. The van der Waals surface area contributed by atoms with Crippen LogP contribution in [0.15, 0.2) is 30.3 Å². The van der Waals surface area contributed by atoms with Crippen LogP contribution < -0.4 is 16.9 Å². The summed E-state index contributed by atoms with van der Waals surface area (Å²) in [6, 6.07) is 9.24. The lowest BCUT2D eigenvalue weighted by molar-refractivity contribution is -0.147. The first-order valence-electron chi connectivity index (χ1n) is 8.15. The Hall–Kier alpha value is -1.96. The topological polar surface area (TPSA) is 111 Å². The van der Waals surface area contributed by atoms with Gasteiger partial charge in [-0.1, -0.05) is 30.3 Å². The summed E-state index contributed by atoms with van der Waals surface area (Å²) in [5, 5.41) is 1.41. The lowest BCUT2D eigenvalue weighted by Gasteiger charge is -2.19. The molecule has 7 nitrogen and oxygen atoms in total. The number of benzene rings is 1. The maximum Gasteiger partial charge on any atom is 0.322 e. The molecule has 0 heterocycles. The third-order valence-corrected chi connectivity index (χ3v) is 4.18. The number of hydrogen-bond donors (Lipinski definition) is 3. The van der Waals surface area contributed by atoms with Crippen LogP contribution in [0.4, 0.5) is 0 Å². The minimum Gasteiger partial charge on any atom is -0.460 e. The molecule has 1 fully saturated rings. The number of ether oxygens (including phenoxy) is 1. The van der Waals surface area contributed by atoms with E-state index in [1.54, 1.807) is 7.05 Å². The Kier molecular flexibility index (Phi) is 6.72. The van der Waals surface area contributed by atoms with E-state index in [2.05, 4.69) is 5.43 Å². The van der Waals surface area contributed by atoms with Crippen LogP contribution in [0.2, 0.25) is 0 Å². The van der Waals surface area contributed by atoms with Crippen LogP contribution >= 0.6 is 0 Å². The average molecular weight is 334 g/mol. The number of rotatable bonds is 9. The van der Waals surface area contributed by atoms with Crippen molar-refractivity contribution in [2.24, 2.45) is 23.3 Å². The molecule has 1 aromatic carbocycles. The van der Waals surface area contributed by atoms with Crippen LogP contribution in [0.5, 0.6) is 0 Å². The summed E-state index contributed by atoms with van der Waals surface area (Å²) in [6.07, 6.45) is 1.22. The zero-order valence-electron chi connectivity index (χ0n) is 14.0. The molecule has 1 saturated carbocycles. The monoisotopic (exact) mass is 334 g/mol. The van der Waals surface area contributed by atoms with Crippen LogP contribution in [0, 0.1) is 11.8 Å². The SMILES string of the molecule is CN(CC(=O)OCc1ccccc1)NC(=O)C[C@@H](N)[C@H]1C[C@H]1CN. The van der Waals surface area contributed by atoms with Gasteiger partial charge in [0.1, 0.15) is 13.2 Å².